The highest BCUT2D eigenvalue weighted by atomic mass is 19.1. The van der Waals surface area contributed by atoms with Crippen molar-refractivity contribution < 1.29 is 9.13 Å². The smallest absolute Gasteiger partial charge is 0.127 e. The summed E-state index contributed by atoms with van der Waals surface area (Å²) >= 11 is 0. The summed E-state index contributed by atoms with van der Waals surface area (Å²) in [7, 11) is 0. The highest BCUT2D eigenvalue weighted by Gasteiger charge is 2.47. The fourth-order valence-electron chi connectivity index (χ4n) is 2.95. The van der Waals surface area contributed by atoms with E-state index in [0.29, 0.717) is 18.3 Å². The van der Waals surface area contributed by atoms with Gasteiger partial charge in [0.05, 0.1) is 6.61 Å². The van der Waals surface area contributed by atoms with E-state index in [1.165, 1.54) is 25.3 Å². The molecule has 0 amide bonds. The molecular formula is C16H22FNO. The van der Waals surface area contributed by atoms with Crippen molar-refractivity contribution in [2.45, 2.75) is 50.5 Å². The lowest BCUT2D eigenvalue weighted by atomic mass is 9.86. The van der Waals surface area contributed by atoms with Crippen molar-refractivity contribution in [1.82, 2.24) is 0 Å². The van der Waals surface area contributed by atoms with Crippen LogP contribution in [0.15, 0.2) is 18.2 Å². The molecule has 1 unspecified atom stereocenters. The molecule has 0 aromatic heterocycles. The van der Waals surface area contributed by atoms with Gasteiger partial charge < -0.3 is 10.5 Å². The second-order valence-electron chi connectivity index (χ2n) is 6.23. The van der Waals surface area contributed by atoms with Crippen LogP contribution in [0.2, 0.25) is 0 Å². The van der Waals surface area contributed by atoms with E-state index in [-0.39, 0.29) is 17.3 Å². The minimum atomic E-state index is -0.215. The summed E-state index contributed by atoms with van der Waals surface area (Å²) in [5, 5.41) is 0. The van der Waals surface area contributed by atoms with Gasteiger partial charge in [0.2, 0.25) is 0 Å². The Hall–Kier alpha value is -1.09. The van der Waals surface area contributed by atoms with Gasteiger partial charge in [-0.25, -0.2) is 4.39 Å². The predicted molar refractivity (Wildman–Crippen MR) is 73.8 cm³/mol. The molecule has 0 bridgehead atoms. The largest absolute Gasteiger partial charge is 0.493 e. The van der Waals surface area contributed by atoms with E-state index in [1.54, 1.807) is 6.07 Å². The third-order valence-electron chi connectivity index (χ3n) is 4.82. The molecule has 0 aliphatic heterocycles. The van der Waals surface area contributed by atoms with E-state index < -0.39 is 0 Å². The average molecular weight is 263 g/mol. The molecule has 0 radical (unpaired) electrons. The highest BCUT2D eigenvalue weighted by molar-refractivity contribution is 5.39. The molecule has 104 valence electrons. The average Bonchev–Trinajstić information content (AvgIpc) is 3.07. The van der Waals surface area contributed by atoms with Crippen LogP contribution in [-0.4, -0.2) is 12.6 Å². The zero-order valence-corrected chi connectivity index (χ0v) is 11.5. The van der Waals surface area contributed by atoms with Gasteiger partial charge in [-0.2, -0.15) is 0 Å². The summed E-state index contributed by atoms with van der Waals surface area (Å²) in [6.07, 6.45) is 5.89. The van der Waals surface area contributed by atoms with Crippen molar-refractivity contribution in [3.05, 3.63) is 29.6 Å². The summed E-state index contributed by atoms with van der Waals surface area (Å²) < 4.78 is 19.5. The molecule has 19 heavy (non-hydrogen) atoms. The maximum absolute atomic E-state index is 13.7. The lowest BCUT2D eigenvalue weighted by Crippen LogP contribution is -2.31. The molecule has 1 atom stereocenters. The summed E-state index contributed by atoms with van der Waals surface area (Å²) in [4.78, 5) is 0. The maximum Gasteiger partial charge on any atom is 0.127 e. The first kappa shape index (κ1) is 12.9. The van der Waals surface area contributed by atoms with E-state index >= 15 is 0 Å². The minimum absolute atomic E-state index is 0.0172. The molecule has 3 heteroatoms. The first-order chi connectivity index (χ1) is 9.10. The SMILES string of the molecule is CC(N)C1(c2cc(F)cc(OCC3CCC3)c2)CC1. The van der Waals surface area contributed by atoms with Gasteiger partial charge >= 0.3 is 0 Å². The molecule has 2 N–H and O–H groups in total. The molecule has 1 aromatic carbocycles. The van der Waals surface area contributed by atoms with E-state index in [0.717, 1.165) is 18.4 Å². The minimum Gasteiger partial charge on any atom is -0.493 e. The van der Waals surface area contributed by atoms with Crippen LogP contribution < -0.4 is 10.5 Å². The van der Waals surface area contributed by atoms with Crippen molar-refractivity contribution in [2.75, 3.05) is 6.61 Å². The fraction of sp³-hybridized carbons (Fsp3) is 0.625. The van der Waals surface area contributed by atoms with Crippen molar-refractivity contribution in [3.63, 3.8) is 0 Å². The van der Waals surface area contributed by atoms with E-state index in [1.807, 2.05) is 13.0 Å². The van der Waals surface area contributed by atoms with Gasteiger partial charge in [0, 0.05) is 17.5 Å². The summed E-state index contributed by atoms with van der Waals surface area (Å²) in [5.74, 6) is 1.11. The van der Waals surface area contributed by atoms with E-state index in [9.17, 15) is 4.39 Å². The Bertz CT molecular complexity index is 464. The zero-order chi connectivity index (χ0) is 13.5. The third kappa shape index (κ3) is 2.48. The van der Waals surface area contributed by atoms with Crippen LogP contribution in [-0.2, 0) is 5.41 Å². The van der Waals surface area contributed by atoms with Crippen molar-refractivity contribution in [1.29, 1.82) is 0 Å². The van der Waals surface area contributed by atoms with Crippen LogP contribution in [0, 0.1) is 11.7 Å². The number of hydrogen-bond donors (Lipinski definition) is 1. The van der Waals surface area contributed by atoms with Gasteiger partial charge in [0.1, 0.15) is 11.6 Å². The molecular weight excluding hydrogens is 241 g/mol. The molecule has 0 heterocycles. The topological polar surface area (TPSA) is 35.2 Å². The fourth-order valence-corrected chi connectivity index (χ4v) is 2.95. The highest BCUT2D eigenvalue weighted by Crippen LogP contribution is 2.51. The lowest BCUT2D eigenvalue weighted by molar-refractivity contribution is 0.180. The monoisotopic (exact) mass is 263 g/mol. The van der Waals surface area contributed by atoms with Gasteiger partial charge in [-0.3, -0.25) is 0 Å². The van der Waals surface area contributed by atoms with Crippen molar-refractivity contribution in [2.24, 2.45) is 11.7 Å². The van der Waals surface area contributed by atoms with Gasteiger partial charge in [0.15, 0.2) is 0 Å². The molecule has 1 aromatic rings. The van der Waals surface area contributed by atoms with Crippen LogP contribution in [0.1, 0.15) is 44.6 Å². The van der Waals surface area contributed by atoms with Crippen LogP contribution in [0.25, 0.3) is 0 Å². The van der Waals surface area contributed by atoms with Crippen molar-refractivity contribution in [3.8, 4) is 5.75 Å². The van der Waals surface area contributed by atoms with Gasteiger partial charge in [-0.1, -0.05) is 6.42 Å². The van der Waals surface area contributed by atoms with Crippen molar-refractivity contribution >= 4 is 0 Å². The number of benzene rings is 1. The molecule has 2 nitrogen and oxygen atoms in total. The Balaban J connectivity index is 1.76. The number of hydrogen-bond acceptors (Lipinski definition) is 2. The molecule has 2 saturated carbocycles. The molecule has 0 saturated heterocycles. The predicted octanol–water partition coefficient (Wildman–Crippen LogP) is 3.38. The Morgan fingerprint density at radius 2 is 2.11 bits per heavy atom. The summed E-state index contributed by atoms with van der Waals surface area (Å²) in [6.45, 7) is 2.72. The first-order valence-corrected chi connectivity index (χ1v) is 7.30. The second-order valence-corrected chi connectivity index (χ2v) is 6.23. The van der Waals surface area contributed by atoms with E-state index in [2.05, 4.69) is 0 Å². The normalized spacial score (nSPS) is 22.7. The Labute approximate surface area is 114 Å². The Kier molecular flexibility index (Phi) is 3.25. The molecule has 2 aliphatic rings. The third-order valence-corrected chi connectivity index (χ3v) is 4.82. The van der Waals surface area contributed by atoms with Gasteiger partial charge in [0.25, 0.3) is 0 Å². The molecule has 0 spiro atoms. The Morgan fingerprint density at radius 3 is 2.63 bits per heavy atom. The number of nitrogens with two attached hydrogens (primary N) is 1. The molecule has 2 fully saturated rings. The number of ether oxygens (including phenoxy) is 1. The van der Waals surface area contributed by atoms with Gasteiger partial charge in [-0.05, 0) is 56.2 Å². The Morgan fingerprint density at radius 1 is 1.37 bits per heavy atom. The first-order valence-electron chi connectivity index (χ1n) is 7.30. The molecule has 2 aliphatic carbocycles. The van der Waals surface area contributed by atoms with Crippen LogP contribution in [0.4, 0.5) is 4.39 Å². The maximum atomic E-state index is 13.7. The van der Waals surface area contributed by atoms with Crippen LogP contribution in [0.5, 0.6) is 5.75 Å². The second kappa shape index (κ2) is 4.78. The quantitative estimate of drug-likeness (QED) is 0.884. The van der Waals surface area contributed by atoms with Crippen LogP contribution >= 0.6 is 0 Å². The summed E-state index contributed by atoms with van der Waals surface area (Å²) in [6, 6.07) is 5.15. The standard InChI is InChI=1S/C16H22FNO/c1-11(18)16(5-6-16)13-7-14(17)9-15(8-13)19-10-12-3-2-4-12/h7-9,11-12H,2-6,10,18H2,1H3. The number of rotatable bonds is 5. The van der Waals surface area contributed by atoms with E-state index in [4.69, 9.17) is 10.5 Å². The van der Waals surface area contributed by atoms with Gasteiger partial charge in [-0.15, -0.1) is 0 Å². The zero-order valence-electron chi connectivity index (χ0n) is 11.5. The van der Waals surface area contributed by atoms with Crippen LogP contribution in [0.3, 0.4) is 0 Å². The lowest BCUT2D eigenvalue weighted by Gasteiger charge is -2.26. The molecule has 3 rings (SSSR count). The summed E-state index contributed by atoms with van der Waals surface area (Å²) in [5.41, 5.74) is 7.04. The number of halogens is 1.